The maximum Gasteiger partial charge on any atom is 0.0589 e. The van der Waals surface area contributed by atoms with Gasteiger partial charge in [-0.25, -0.2) is 0 Å². The summed E-state index contributed by atoms with van der Waals surface area (Å²) < 4.78 is 6.24. The zero-order chi connectivity index (χ0) is 14.8. The molecule has 20 heavy (non-hydrogen) atoms. The van der Waals surface area contributed by atoms with Crippen LogP contribution in [0, 0.1) is 0 Å². The third kappa shape index (κ3) is 5.89. The van der Waals surface area contributed by atoms with Gasteiger partial charge in [0.25, 0.3) is 0 Å². The SMILES string of the molecule is CNC(CCN(CCO)CCOC)c1ccccc1Br. The second-order valence-corrected chi connectivity index (χ2v) is 5.56. The highest BCUT2D eigenvalue weighted by Gasteiger charge is 2.14. The molecule has 0 fully saturated rings. The standard InChI is InChI=1S/C15H25BrN2O2/c1-17-15(13-5-3-4-6-14(13)16)7-8-18(9-11-19)10-12-20-2/h3-6,15,17,19H,7-12H2,1-2H3. The van der Waals surface area contributed by atoms with Gasteiger partial charge < -0.3 is 15.2 Å². The molecular formula is C15H25BrN2O2. The molecule has 0 aliphatic heterocycles. The quantitative estimate of drug-likeness (QED) is 0.681. The first-order valence-electron chi connectivity index (χ1n) is 6.96. The van der Waals surface area contributed by atoms with E-state index in [-0.39, 0.29) is 6.61 Å². The van der Waals surface area contributed by atoms with Crippen molar-refractivity contribution in [2.24, 2.45) is 0 Å². The van der Waals surface area contributed by atoms with E-state index in [0.29, 0.717) is 19.2 Å². The van der Waals surface area contributed by atoms with Crippen molar-refractivity contribution in [1.29, 1.82) is 0 Å². The van der Waals surface area contributed by atoms with Gasteiger partial charge in [-0.05, 0) is 25.1 Å². The number of methoxy groups -OCH3 is 1. The summed E-state index contributed by atoms with van der Waals surface area (Å²) in [5, 5.41) is 12.5. The molecule has 0 bridgehead atoms. The number of nitrogens with zero attached hydrogens (tertiary/aromatic N) is 1. The van der Waals surface area contributed by atoms with E-state index in [0.717, 1.165) is 24.0 Å². The molecule has 1 aromatic rings. The molecule has 2 N–H and O–H groups in total. The second-order valence-electron chi connectivity index (χ2n) is 4.71. The molecule has 114 valence electrons. The van der Waals surface area contributed by atoms with Crippen molar-refractivity contribution in [3.05, 3.63) is 34.3 Å². The van der Waals surface area contributed by atoms with Crippen molar-refractivity contribution >= 4 is 15.9 Å². The first-order chi connectivity index (χ1) is 9.72. The van der Waals surface area contributed by atoms with Crippen molar-refractivity contribution < 1.29 is 9.84 Å². The Balaban J connectivity index is 2.57. The molecule has 1 rings (SSSR count). The first-order valence-corrected chi connectivity index (χ1v) is 7.76. The van der Waals surface area contributed by atoms with Crippen molar-refractivity contribution in [3.8, 4) is 0 Å². The van der Waals surface area contributed by atoms with Crippen LogP contribution in [0.15, 0.2) is 28.7 Å². The van der Waals surface area contributed by atoms with Gasteiger partial charge in [-0.3, -0.25) is 4.90 Å². The highest BCUT2D eigenvalue weighted by Crippen LogP contribution is 2.25. The number of nitrogens with one attached hydrogen (secondary N) is 1. The van der Waals surface area contributed by atoms with Gasteiger partial charge in [0, 0.05) is 37.3 Å². The third-order valence-corrected chi connectivity index (χ3v) is 4.11. The molecular weight excluding hydrogens is 320 g/mol. The molecule has 0 amide bonds. The Morgan fingerprint density at radius 1 is 1.30 bits per heavy atom. The van der Waals surface area contributed by atoms with Crippen LogP contribution >= 0.6 is 15.9 Å². The number of ether oxygens (including phenoxy) is 1. The van der Waals surface area contributed by atoms with Crippen LogP contribution in [-0.2, 0) is 4.74 Å². The van der Waals surface area contributed by atoms with E-state index in [4.69, 9.17) is 9.84 Å². The van der Waals surface area contributed by atoms with Gasteiger partial charge in [-0.2, -0.15) is 0 Å². The fourth-order valence-electron chi connectivity index (χ4n) is 2.22. The molecule has 0 heterocycles. The number of aliphatic hydroxyl groups is 1. The Kier molecular flexibility index (Phi) is 9.05. The van der Waals surface area contributed by atoms with Crippen molar-refractivity contribution in [3.63, 3.8) is 0 Å². The molecule has 1 atom stereocenters. The average Bonchev–Trinajstić information content (AvgIpc) is 2.46. The number of halogens is 1. The lowest BCUT2D eigenvalue weighted by Gasteiger charge is -2.25. The minimum Gasteiger partial charge on any atom is -0.395 e. The first kappa shape index (κ1) is 17.6. The predicted molar refractivity (Wildman–Crippen MR) is 86.0 cm³/mol. The molecule has 0 saturated carbocycles. The average molecular weight is 345 g/mol. The molecule has 0 radical (unpaired) electrons. The van der Waals surface area contributed by atoms with Gasteiger partial charge in [0.05, 0.1) is 13.2 Å². The molecule has 5 heteroatoms. The Morgan fingerprint density at radius 2 is 2.05 bits per heavy atom. The molecule has 0 spiro atoms. The summed E-state index contributed by atoms with van der Waals surface area (Å²) in [6.45, 7) is 3.35. The van der Waals surface area contributed by atoms with E-state index < -0.39 is 0 Å². The highest BCUT2D eigenvalue weighted by molar-refractivity contribution is 9.10. The molecule has 1 aromatic carbocycles. The number of hydrogen-bond donors (Lipinski definition) is 2. The maximum absolute atomic E-state index is 9.11. The molecule has 4 nitrogen and oxygen atoms in total. The zero-order valence-corrected chi connectivity index (χ0v) is 13.9. The predicted octanol–water partition coefficient (Wildman–Crippen LogP) is 2.04. The lowest BCUT2D eigenvalue weighted by atomic mass is 10.0. The van der Waals surface area contributed by atoms with Crippen molar-refractivity contribution in [2.45, 2.75) is 12.5 Å². The third-order valence-electron chi connectivity index (χ3n) is 3.39. The normalized spacial score (nSPS) is 12.8. The van der Waals surface area contributed by atoms with Crippen molar-refractivity contribution in [1.82, 2.24) is 10.2 Å². The van der Waals surface area contributed by atoms with Gasteiger partial charge in [0.15, 0.2) is 0 Å². The summed E-state index contributed by atoms with van der Waals surface area (Å²) in [7, 11) is 3.68. The molecule has 0 aromatic heterocycles. The second kappa shape index (κ2) is 10.3. The fraction of sp³-hybridized carbons (Fsp3) is 0.600. The van der Waals surface area contributed by atoms with Crippen LogP contribution in [-0.4, -0.2) is 57.0 Å². The summed E-state index contributed by atoms with van der Waals surface area (Å²) in [6, 6.07) is 8.58. The summed E-state index contributed by atoms with van der Waals surface area (Å²) in [6.07, 6.45) is 0.989. The summed E-state index contributed by atoms with van der Waals surface area (Å²) in [5.41, 5.74) is 1.27. The van der Waals surface area contributed by atoms with Crippen LogP contribution in [0.1, 0.15) is 18.0 Å². The van der Waals surface area contributed by atoms with E-state index in [1.165, 1.54) is 5.56 Å². The van der Waals surface area contributed by atoms with Crippen molar-refractivity contribution in [2.75, 3.05) is 47.0 Å². The van der Waals surface area contributed by atoms with Crippen LogP contribution in [0.2, 0.25) is 0 Å². The van der Waals surface area contributed by atoms with Gasteiger partial charge in [-0.1, -0.05) is 34.1 Å². The summed E-state index contributed by atoms with van der Waals surface area (Å²) in [5.74, 6) is 0. The van der Waals surface area contributed by atoms with Crippen LogP contribution in [0.25, 0.3) is 0 Å². The van der Waals surface area contributed by atoms with E-state index >= 15 is 0 Å². The zero-order valence-electron chi connectivity index (χ0n) is 12.3. The fourth-order valence-corrected chi connectivity index (χ4v) is 2.78. The molecule has 1 unspecified atom stereocenters. The summed E-state index contributed by atoms with van der Waals surface area (Å²) in [4.78, 5) is 2.23. The molecule has 0 saturated heterocycles. The van der Waals surface area contributed by atoms with E-state index in [1.807, 2.05) is 13.1 Å². The van der Waals surface area contributed by atoms with Gasteiger partial charge in [0.1, 0.15) is 0 Å². The van der Waals surface area contributed by atoms with Crippen LogP contribution in [0.4, 0.5) is 0 Å². The lowest BCUT2D eigenvalue weighted by Crippen LogP contribution is -2.33. The van der Waals surface area contributed by atoms with E-state index in [9.17, 15) is 0 Å². The molecule has 0 aliphatic rings. The Labute approximate surface area is 130 Å². The number of aliphatic hydroxyl groups excluding tert-OH is 1. The maximum atomic E-state index is 9.11. The topological polar surface area (TPSA) is 44.7 Å². The Hall–Kier alpha value is -0.460. The smallest absolute Gasteiger partial charge is 0.0589 e. The molecule has 0 aliphatic carbocycles. The number of benzene rings is 1. The summed E-state index contributed by atoms with van der Waals surface area (Å²) >= 11 is 3.60. The van der Waals surface area contributed by atoms with E-state index in [2.05, 4.69) is 44.3 Å². The highest BCUT2D eigenvalue weighted by atomic mass is 79.9. The monoisotopic (exact) mass is 344 g/mol. The van der Waals surface area contributed by atoms with Crippen LogP contribution in [0.5, 0.6) is 0 Å². The van der Waals surface area contributed by atoms with Crippen LogP contribution < -0.4 is 5.32 Å². The minimum atomic E-state index is 0.183. The Morgan fingerprint density at radius 3 is 2.65 bits per heavy atom. The van der Waals surface area contributed by atoms with Gasteiger partial charge >= 0.3 is 0 Å². The lowest BCUT2D eigenvalue weighted by molar-refractivity contribution is 0.128. The van der Waals surface area contributed by atoms with Gasteiger partial charge in [-0.15, -0.1) is 0 Å². The van der Waals surface area contributed by atoms with E-state index in [1.54, 1.807) is 7.11 Å². The number of hydrogen-bond acceptors (Lipinski definition) is 4. The number of rotatable bonds is 10. The minimum absolute atomic E-state index is 0.183. The van der Waals surface area contributed by atoms with Crippen LogP contribution in [0.3, 0.4) is 0 Å². The van der Waals surface area contributed by atoms with Gasteiger partial charge in [0.2, 0.25) is 0 Å². The largest absolute Gasteiger partial charge is 0.395 e. The Bertz CT molecular complexity index is 377.